The number of likely N-dealkylation sites (tertiary alicyclic amines) is 2. The zero-order chi connectivity index (χ0) is 19.2. The Morgan fingerprint density at radius 3 is 2.48 bits per heavy atom. The fraction of sp³-hybridized carbons (Fsp3) is 0.636. The predicted molar refractivity (Wildman–Crippen MR) is 107 cm³/mol. The van der Waals surface area contributed by atoms with Gasteiger partial charge in [-0.05, 0) is 37.3 Å². The summed E-state index contributed by atoms with van der Waals surface area (Å²) in [7, 11) is 0. The third-order valence-corrected chi connectivity index (χ3v) is 5.58. The molecule has 5 nitrogen and oxygen atoms in total. The molecule has 1 aromatic carbocycles. The molecule has 2 aliphatic heterocycles. The van der Waals surface area contributed by atoms with Crippen LogP contribution in [-0.4, -0.2) is 60.4 Å². The van der Waals surface area contributed by atoms with Crippen molar-refractivity contribution in [2.24, 2.45) is 11.8 Å². The molecule has 3 rings (SSSR count). The number of amides is 2. The summed E-state index contributed by atoms with van der Waals surface area (Å²) in [6.07, 6.45) is 3.56. The highest BCUT2D eigenvalue weighted by Gasteiger charge is 2.33. The van der Waals surface area contributed by atoms with Crippen molar-refractivity contribution in [3.63, 3.8) is 0 Å². The molecule has 0 saturated carbocycles. The topological polar surface area (TPSA) is 52.7 Å². The van der Waals surface area contributed by atoms with Crippen LogP contribution in [0.15, 0.2) is 30.3 Å². The van der Waals surface area contributed by atoms with E-state index in [1.807, 2.05) is 35.2 Å². The number of nitrogens with zero attached hydrogens (tertiary/aromatic N) is 2. The molecule has 148 valence electrons. The van der Waals surface area contributed by atoms with Crippen LogP contribution in [0.25, 0.3) is 0 Å². The Kier molecular flexibility index (Phi) is 6.89. The maximum Gasteiger partial charge on any atom is 0.245 e. The highest BCUT2D eigenvalue weighted by atomic mass is 16.2. The van der Waals surface area contributed by atoms with E-state index >= 15 is 0 Å². The van der Waals surface area contributed by atoms with Crippen molar-refractivity contribution in [1.29, 1.82) is 0 Å². The number of benzene rings is 1. The quantitative estimate of drug-likeness (QED) is 0.800. The van der Waals surface area contributed by atoms with Gasteiger partial charge in [0, 0.05) is 32.6 Å². The summed E-state index contributed by atoms with van der Waals surface area (Å²) in [5.74, 6) is 0.708. The zero-order valence-electron chi connectivity index (χ0n) is 16.7. The lowest BCUT2D eigenvalue weighted by Crippen LogP contribution is -2.50. The van der Waals surface area contributed by atoms with Crippen molar-refractivity contribution in [2.75, 3.05) is 32.7 Å². The molecule has 2 fully saturated rings. The van der Waals surface area contributed by atoms with Gasteiger partial charge in [0.1, 0.15) is 6.04 Å². The van der Waals surface area contributed by atoms with Crippen LogP contribution in [0.5, 0.6) is 0 Å². The Morgan fingerprint density at radius 2 is 1.81 bits per heavy atom. The number of hydrogen-bond acceptors (Lipinski definition) is 3. The molecule has 2 amide bonds. The molecule has 0 aliphatic carbocycles. The van der Waals surface area contributed by atoms with Crippen LogP contribution in [0.2, 0.25) is 0 Å². The van der Waals surface area contributed by atoms with E-state index in [1.54, 1.807) is 0 Å². The van der Waals surface area contributed by atoms with Gasteiger partial charge in [0.15, 0.2) is 0 Å². The van der Waals surface area contributed by atoms with Gasteiger partial charge in [-0.25, -0.2) is 0 Å². The first-order valence-electron chi connectivity index (χ1n) is 10.4. The summed E-state index contributed by atoms with van der Waals surface area (Å²) in [5, 5.41) is 3.10. The molecule has 2 unspecified atom stereocenters. The molecule has 0 spiro atoms. The lowest BCUT2D eigenvalue weighted by molar-refractivity contribution is -0.136. The first kappa shape index (κ1) is 19.9. The van der Waals surface area contributed by atoms with Crippen molar-refractivity contribution in [3.05, 3.63) is 35.9 Å². The summed E-state index contributed by atoms with van der Waals surface area (Å²) in [6, 6.07) is 9.52. The average Bonchev–Trinajstić information content (AvgIpc) is 3.33. The summed E-state index contributed by atoms with van der Waals surface area (Å²) in [4.78, 5) is 30.2. The van der Waals surface area contributed by atoms with E-state index in [0.29, 0.717) is 12.3 Å². The first-order valence-corrected chi connectivity index (χ1v) is 10.4. The van der Waals surface area contributed by atoms with Crippen LogP contribution in [-0.2, 0) is 16.0 Å². The van der Waals surface area contributed by atoms with Crippen LogP contribution in [0, 0.1) is 11.8 Å². The van der Waals surface area contributed by atoms with Gasteiger partial charge in [0.05, 0.1) is 5.92 Å². The molecule has 0 bridgehead atoms. The lowest BCUT2D eigenvalue weighted by atomic mass is 10.0. The van der Waals surface area contributed by atoms with E-state index in [0.717, 1.165) is 57.5 Å². The SMILES string of the molecule is CC(C)CN1CCC(C(=O)NC(Cc2ccccc2)C(=O)N2CCCC2)C1. The molecule has 5 heteroatoms. The minimum Gasteiger partial charge on any atom is -0.344 e. The maximum atomic E-state index is 13.0. The smallest absolute Gasteiger partial charge is 0.245 e. The summed E-state index contributed by atoms with van der Waals surface area (Å²) in [5.41, 5.74) is 1.09. The van der Waals surface area contributed by atoms with Gasteiger partial charge in [0.25, 0.3) is 0 Å². The van der Waals surface area contributed by atoms with Gasteiger partial charge in [-0.1, -0.05) is 44.2 Å². The van der Waals surface area contributed by atoms with E-state index in [2.05, 4.69) is 24.1 Å². The molecule has 0 radical (unpaired) electrons. The van der Waals surface area contributed by atoms with Crippen molar-refractivity contribution in [3.8, 4) is 0 Å². The monoisotopic (exact) mass is 371 g/mol. The first-order chi connectivity index (χ1) is 13.0. The minimum atomic E-state index is -0.461. The molecule has 27 heavy (non-hydrogen) atoms. The van der Waals surface area contributed by atoms with Crippen molar-refractivity contribution >= 4 is 11.8 Å². The molecule has 2 aliphatic rings. The third kappa shape index (κ3) is 5.55. The van der Waals surface area contributed by atoms with Crippen LogP contribution in [0.4, 0.5) is 0 Å². The molecule has 0 aromatic heterocycles. The standard InChI is InChI=1S/C22H33N3O2/c1-17(2)15-24-13-10-19(16-24)21(26)23-20(14-18-8-4-3-5-9-18)22(27)25-11-6-7-12-25/h3-5,8-9,17,19-20H,6-7,10-16H2,1-2H3,(H,23,26). The molecular formula is C22H33N3O2. The summed E-state index contributed by atoms with van der Waals surface area (Å²) < 4.78 is 0. The second-order valence-electron chi connectivity index (χ2n) is 8.42. The van der Waals surface area contributed by atoms with Crippen LogP contribution in [0.1, 0.15) is 38.7 Å². The van der Waals surface area contributed by atoms with Gasteiger partial charge < -0.3 is 15.1 Å². The van der Waals surface area contributed by atoms with E-state index < -0.39 is 6.04 Å². The van der Waals surface area contributed by atoms with E-state index in [4.69, 9.17) is 0 Å². The third-order valence-electron chi connectivity index (χ3n) is 5.58. The number of hydrogen-bond donors (Lipinski definition) is 1. The molecule has 1 aromatic rings. The Morgan fingerprint density at radius 1 is 1.11 bits per heavy atom. The van der Waals surface area contributed by atoms with Gasteiger partial charge in [-0.3, -0.25) is 9.59 Å². The zero-order valence-corrected chi connectivity index (χ0v) is 16.7. The van der Waals surface area contributed by atoms with Crippen LogP contribution < -0.4 is 5.32 Å². The Balaban J connectivity index is 1.63. The van der Waals surface area contributed by atoms with Gasteiger partial charge in [-0.15, -0.1) is 0 Å². The van der Waals surface area contributed by atoms with E-state index in [-0.39, 0.29) is 17.7 Å². The Bertz CT molecular complexity index is 626. The fourth-order valence-corrected chi connectivity index (χ4v) is 4.23. The molecular weight excluding hydrogens is 338 g/mol. The fourth-order valence-electron chi connectivity index (χ4n) is 4.23. The Hall–Kier alpha value is -1.88. The number of carbonyl (C=O) groups excluding carboxylic acids is 2. The number of carbonyl (C=O) groups is 2. The largest absolute Gasteiger partial charge is 0.344 e. The highest BCUT2D eigenvalue weighted by molar-refractivity contribution is 5.89. The summed E-state index contributed by atoms with van der Waals surface area (Å²) in [6.45, 7) is 8.84. The van der Waals surface area contributed by atoms with Gasteiger partial charge >= 0.3 is 0 Å². The average molecular weight is 372 g/mol. The lowest BCUT2D eigenvalue weighted by Gasteiger charge is -2.25. The summed E-state index contributed by atoms with van der Waals surface area (Å²) >= 11 is 0. The van der Waals surface area contributed by atoms with Crippen LogP contribution in [0.3, 0.4) is 0 Å². The van der Waals surface area contributed by atoms with Crippen molar-refractivity contribution in [2.45, 2.75) is 45.6 Å². The number of nitrogens with one attached hydrogen (secondary N) is 1. The molecule has 2 heterocycles. The maximum absolute atomic E-state index is 13.0. The normalized spacial score (nSPS) is 21.6. The minimum absolute atomic E-state index is 0.00611. The molecule has 1 N–H and O–H groups in total. The van der Waals surface area contributed by atoms with Crippen LogP contribution >= 0.6 is 0 Å². The van der Waals surface area contributed by atoms with Crippen molar-refractivity contribution in [1.82, 2.24) is 15.1 Å². The van der Waals surface area contributed by atoms with E-state index in [9.17, 15) is 9.59 Å². The van der Waals surface area contributed by atoms with E-state index in [1.165, 1.54) is 0 Å². The molecule has 2 saturated heterocycles. The predicted octanol–water partition coefficient (Wildman–Crippen LogP) is 2.31. The Labute approximate surface area is 163 Å². The second-order valence-corrected chi connectivity index (χ2v) is 8.42. The highest BCUT2D eigenvalue weighted by Crippen LogP contribution is 2.19. The second kappa shape index (κ2) is 9.36. The van der Waals surface area contributed by atoms with Gasteiger partial charge in [-0.2, -0.15) is 0 Å². The van der Waals surface area contributed by atoms with Gasteiger partial charge in [0.2, 0.25) is 11.8 Å². The van der Waals surface area contributed by atoms with Crippen molar-refractivity contribution < 1.29 is 9.59 Å². The molecule has 2 atom stereocenters. The number of rotatable bonds is 7.